The van der Waals surface area contributed by atoms with Crippen LogP contribution in [-0.4, -0.2) is 6.54 Å². The molecule has 1 aliphatic carbocycles. The Balaban J connectivity index is 1.93. The van der Waals surface area contributed by atoms with E-state index < -0.39 is 0 Å². The van der Waals surface area contributed by atoms with Gasteiger partial charge < -0.3 is 9.73 Å². The van der Waals surface area contributed by atoms with E-state index in [4.69, 9.17) is 4.42 Å². The minimum Gasteiger partial charge on any atom is -0.467 e. The first-order chi connectivity index (χ1) is 7.81. The SMILES string of the molecule is CC1(C2CCCCC2)NCCc2ccoc21. The van der Waals surface area contributed by atoms with Crippen molar-refractivity contribution in [3.8, 4) is 0 Å². The van der Waals surface area contributed by atoms with Crippen LogP contribution in [0.3, 0.4) is 0 Å². The van der Waals surface area contributed by atoms with Gasteiger partial charge in [0.2, 0.25) is 0 Å². The van der Waals surface area contributed by atoms with Gasteiger partial charge in [0.1, 0.15) is 5.76 Å². The Morgan fingerprint density at radius 3 is 2.94 bits per heavy atom. The van der Waals surface area contributed by atoms with E-state index >= 15 is 0 Å². The second-order valence-electron chi connectivity index (χ2n) is 5.49. The minimum atomic E-state index is 0.0947. The van der Waals surface area contributed by atoms with Crippen molar-refractivity contribution in [2.75, 3.05) is 6.54 Å². The van der Waals surface area contributed by atoms with Gasteiger partial charge in [0.15, 0.2) is 0 Å². The molecular formula is C14H21NO. The highest BCUT2D eigenvalue weighted by molar-refractivity contribution is 5.28. The van der Waals surface area contributed by atoms with Crippen molar-refractivity contribution in [3.63, 3.8) is 0 Å². The number of furan rings is 1. The molecule has 1 unspecified atom stereocenters. The summed E-state index contributed by atoms with van der Waals surface area (Å²) in [5, 5.41) is 3.71. The number of nitrogens with one attached hydrogen (secondary N) is 1. The minimum absolute atomic E-state index is 0.0947. The molecule has 2 nitrogen and oxygen atoms in total. The topological polar surface area (TPSA) is 25.2 Å². The van der Waals surface area contributed by atoms with Gasteiger partial charge in [-0.2, -0.15) is 0 Å². The van der Waals surface area contributed by atoms with E-state index in [0.29, 0.717) is 0 Å². The summed E-state index contributed by atoms with van der Waals surface area (Å²) in [5.41, 5.74) is 1.52. The zero-order valence-corrected chi connectivity index (χ0v) is 10.1. The van der Waals surface area contributed by atoms with Crippen molar-refractivity contribution in [2.45, 2.75) is 51.0 Å². The predicted molar refractivity (Wildman–Crippen MR) is 64.3 cm³/mol. The second kappa shape index (κ2) is 3.92. The summed E-state index contributed by atoms with van der Waals surface area (Å²) in [5.74, 6) is 1.97. The van der Waals surface area contributed by atoms with Crippen molar-refractivity contribution in [3.05, 3.63) is 23.7 Å². The van der Waals surface area contributed by atoms with Crippen LogP contribution >= 0.6 is 0 Å². The fourth-order valence-corrected chi connectivity index (χ4v) is 3.54. The first-order valence-electron chi connectivity index (χ1n) is 6.62. The van der Waals surface area contributed by atoms with Crippen molar-refractivity contribution < 1.29 is 4.42 Å². The lowest BCUT2D eigenvalue weighted by molar-refractivity contribution is 0.140. The molecule has 2 heterocycles. The molecule has 1 aromatic rings. The zero-order chi connectivity index (χ0) is 11.0. The average Bonchev–Trinajstić information content (AvgIpc) is 2.80. The summed E-state index contributed by atoms with van der Waals surface area (Å²) in [6, 6.07) is 2.15. The molecule has 2 aliphatic rings. The Kier molecular flexibility index (Phi) is 2.55. The monoisotopic (exact) mass is 219 g/mol. The molecule has 1 fully saturated rings. The van der Waals surface area contributed by atoms with Gasteiger partial charge >= 0.3 is 0 Å². The Labute approximate surface area is 97.4 Å². The van der Waals surface area contributed by atoms with Crippen LogP contribution < -0.4 is 5.32 Å². The lowest BCUT2D eigenvalue weighted by Crippen LogP contribution is -2.50. The van der Waals surface area contributed by atoms with Crippen molar-refractivity contribution in [1.29, 1.82) is 0 Å². The molecule has 16 heavy (non-hydrogen) atoms. The number of rotatable bonds is 1. The van der Waals surface area contributed by atoms with E-state index in [-0.39, 0.29) is 5.54 Å². The van der Waals surface area contributed by atoms with E-state index in [1.54, 1.807) is 0 Å². The Morgan fingerprint density at radius 1 is 1.31 bits per heavy atom. The summed E-state index contributed by atoms with van der Waals surface area (Å²) in [7, 11) is 0. The molecule has 1 saturated carbocycles. The van der Waals surface area contributed by atoms with Gasteiger partial charge in [-0.25, -0.2) is 0 Å². The number of hydrogen-bond acceptors (Lipinski definition) is 2. The van der Waals surface area contributed by atoms with E-state index in [9.17, 15) is 0 Å². The van der Waals surface area contributed by atoms with Crippen LogP contribution in [-0.2, 0) is 12.0 Å². The van der Waals surface area contributed by atoms with Gasteiger partial charge in [-0.3, -0.25) is 0 Å². The molecule has 0 saturated heterocycles. The van der Waals surface area contributed by atoms with Crippen LogP contribution in [0.4, 0.5) is 0 Å². The summed E-state index contributed by atoms with van der Waals surface area (Å²) in [6.45, 7) is 3.43. The van der Waals surface area contributed by atoms with Crippen molar-refractivity contribution in [1.82, 2.24) is 5.32 Å². The third kappa shape index (κ3) is 1.51. The Hall–Kier alpha value is -0.760. The van der Waals surface area contributed by atoms with Gasteiger partial charge in [0.05, 0.1) is 11.8 Å². The van der Waals surface area contributed by atoms with Gasteiger partial charge in [0, 0.05) is 6.54 Å². The summed E-state index contributed by atoms with van der Waals surface area (Å²) < 4.78 is 5.76. The van der Waals surface area contributed by atoms with Crippen LogP contribution in [0.5, 0.6) is 0 Å². The van der Waals surface area contributed by atoms with E-state index in [0.717, 1.165) is 18.9 Å². The molecule has 0 amide bonds. The molecule has 1 atom stereocenters. The molecule has 0 radical (unpaired) electrons. The second-order valence-corrected chi connectivity index (χ2v) is 5.49. The quantitative estimate of drug-likeness (QED) is 0.784. The van der Waals surface area contributed by atoms with Gasteiger partial charge in [-0.1, -0.05) is 19.3 Å². The van der Waals surface area contributed by atoms with Gasteiger partial charge in [0.25, 0.3) is 0 Å². The standard InChI is InChI=1S/C14H21NO/c1-14(12-5-3-2-4-6-12)13-11(7-9-15-14)8-10-16-13/h8,10,12,15H,2-7,9H2,1H3. The molecule has 0 bridgehead atoms. The normalized spacial score (nSPS) is 31.3. The summed E-state index contributed by atoms with van der Waals surface area (Å²) in [6.07, 6.45) is 9.87. The highest BCUT2D eigenvalue weighted by Gasteiger charge is 2.41. The smallest absolute Gasteiger partial charge is 0.127 e. The lowest BCUT2D eigenvalue weighted by atomic mass is 9.72. The largest absolute Gasteiger partial charge is 0.467 e. The van der Waals surface area contributed by atoms with Gasteiger partial charge in [-0.05, 0) is 43.7 Å². The average molecular weight is 219 g/mol. The maximum absolute atomic E-state index is 5.76. The van der Waals surface area contributed by atoms with Crippen LogP contribution in [0.1, 0.15) is 50.4 Å². The Morgan fingerprint density at radius 2 is 2.12 bits per heavy atom. The van der Waals surface area contributed by atoms with Crippen LogP contribution in [0.2, 0.25) is 0 Å². The van der Waals surface area contributed by atoms with Crippen LogP contribution in [0.25, 0.3) is 0 Å². The van der Waals surface area contributed by atoms with Crippen molar-refractivity contribution >= 4 is 0 Å². The maximum Gasteiger partial charge on any atom is 0.127 e. The van der Waals surface area contributed by atoms with Crippen LogP contribution in [0, 0.1) is 5.92 Å². The molecular weight excluding hydrogens is 198 g/mol. The highest BCUT2D eigenvalue weighted by Crippen LogP contribution is 2.42. The molecule has 0 spiro atoms. The molecule has 88 valence electrons. The molecule has 1 aliphatic heterocycles. The number of hydrogen-bond donors (Lipinski definition) is 1. The fourth-order valence-electron chi connectivity index (χ4n) is 3.54. The third-order valence-electron chi connectivity index (χ3n) is 4.53. The Bertz CT molecular complexity index is 365. The number of fused-ring (bicyclic) bond motifs is 1. The van der Waals surface area contributed by atoms with E-state index in [1.165, 1.54) is 43.4 Å². The van der Waals surface area contributed by atoms with Crippen LogP contribution in [0.15, 0.2) is 16.7 Å². The first kappa shape index (κ1) is 10.4. The first-order valence-corrected chi connectivity index (χ1v) is 6.62. The summed E-state index contributed by atoms with van der Waals surface area (Å²) >= 11 is 0. The van der Waals surface area contributed by atoms with Gasteiger partial charge in [-0.15, -0.1) is 0 Å². The lowest BCUT2D eigenvalue weighted by Gasteiger charge is -2.42. The molecule has 3 rings (SSSR count). The highest BCUT2D eigenvalue weighted by atomic mass is 16.3. The molecule has 2 heteroatoms. The fraction of sp³-hybridized carbons (Fsp3) is 0.714. The van der Waals surface area contributed by atoms with E-state index in [2.05, 4.69) is 18.3 Å². The third-order valence-corrected chi connectivity index (χ3v) is 4.53. The molecule has 1 N–H and O–H groups in total. The zero-order valence-electron chi connectivity index (χ0n) is 10.1. The predicted octanol–water partition coefficient (Wildman–Crippen LogP) is 3.22. The summed E-state index contributed by atoms with van der Waals surface area (Å²) in [4.78, 5) is 0. The molecule has 1 aromatic heterocycles. The molecule has 0 aromatic carbocycles. The maximum atomic E-state index is 5.76. The van der Waals surface area contributed by atoms with Crippen molar-refractivity contribution in [2.24, 2.45) is 5.92 Å². The van der Waals surface area contributed by atoms with E-state index in [1.807, 2.05) is 6.26 Å².